The molecule has 1 aromatic heterocycles. The average molecular weight is 344 g/mol. The summed E-state index contributed by atoms with van der Waals surface area (Å²) in [5, 5.41) is 10.5. The van der Waals surface area contributed by atoms with Crippen molar-refractivity contribution in [3.05, 3.63) is 52.7 Å². The SMILES string of the molecule is Cc1cc(N2CCN(CC(O)c3ccc(F)cc3C)CC2)nc(C)n1. The molecule has 6 heteroatoms. The smallest absolute Gasteiger partial charge is 0.132 e. The zero-order valence-electron chi connectivity index (χ0n) is 15.0. The summed E-state index contributed by atoms with van der Waals surface area (Å²) in [5.74, 6) is 1.50. The van der Waals surface area contributed by atoms with Crippen LogP contribution in [0.15, 0.2) is 24.3 Å². The fourth-order valence-corrected chi connectivity index (χ4v) is 3.37. The first kappa shape index (κ1) is 17.8. The molecule has 1 fully saturated rings. The van der Waals surface area contributed by atoms with E-state index in [1.54, 1.807) is 6.07 Å². The third kappa shape index (κ3) is 4.32. The molecule has 1 aliphatic heterocycles. The van der Waals surface area contributed by atoms with E-state index >= 15 is 0 Å². The van der Waals surface area contributed by atoms with Crippen molar-refractivity contribution in [2.75, 3.05) is 37.6 Å². The van der Waals surface area contributed by atoms with Gasteiger partial charge in [0, 0.05) is 44.5 Å². The highest BCUT2D eigenvalue weighted by Gasteiger charge is 2.22. The number of aliphatic hydroxyl groups excluding tert-OH is 1. The molecule has 1 saturated heterocycles. The van der Waals surface area contributed by atoms with Crippen LogP contribution in [0.1, 0.15) is 28.7 Å². The largest absolute Gasteiger partial charge is 0.387 e. The number of anilines is 1. The molecule has 0 spiro atoms. The van der Waals surface area contributed by atoms with Crippen LogP contribution in [0.25, 0.3) is 0 Å². The Kier molecular flexibility index (Phi) is 5.30. The summed E-state index contributed by atoms with van der Waals surface area (Å²) in [6, 6.07) is 6.57. The molecule has 1 atom stereocenters. The molecule has 3 rings (SSSR count). The molecule has 0 amide bonds. The summed E-state index contributed by atoms with van der Waals surface area (Å²) in [5.41, 5.74) is 2.57. The van der Waals surface area contributed by atoms with Crippen molar-refractivity contribution in [1.82, 2.24) is 14.9 Å². The van der Waals surface area contributed by atoms with Gasteiger partial charge in [0.1, 0.15) is 17.5 Å². The summed E-state index contributed by atoms with van der Waals surface area (Å²) in [6.07, 6.45) is -0.601. The molecule has 2 heterocycles. The van der Waals surface area contributed by atoms with Crippen LogP contribution < -0.4 is 4.90 Å². The van der Waals surface area contributed by atoms with Crippen LogP contribution in [-0.4, -0.2) is 52.7 Å². The number of hydrogen-bond donors (Lipinski definition) is 1. The van der Waals surface area contributed by atoms with Crippen molar-refractivity contribution < 1.29 is 9.50 Å². The second-order valence-corrected chi connectivity index (χ2v) is 6.72. The van der Waals surface area contributed by atoms with E-state index in [0.717, 1.165) is 54.6 Å². The van der Waals surface area contributed by atoms with Gasteiger partial charge in [0.25, 0.3) is 0 Å². The lowest BCUT2D eigenvalue weighted by molar-refractivity contribution is 0.109. The highest BCUT2D eigenvalue weighted by molar-refractivity contribution is 5.40. The van der Waals surface area contributed by atoms with Crippen molar-refractivity contribution in [2.45, 2.75) is 26.9 Å². The number of aryl methyl sites for hydroxylation is 3. The Morgan fingerprint density at radius 2 is 1.80 bits per heavy atom. The lowest BCUT2D eigenvalue weighted by atomic mass is 10.0. The number of halogens is 1. The monoisotopic (exact) mass is 344 g/mol. The third-order valence-electron chi connectivity index (χ3n) is 4.67. The van der Waals surface area contributed by atoms with E-state index in [1.165, 1.54) is 12.1 Å². The van der Waals surface area contributed by atoms with E-state index in [-0.39, 0.29) is 5.82 Å². The molecule has 25 heavy (non-hydrogen) atoms. The highest BCUT2D eigenvalue weighted by Crippen LogP contribution is 2.21. The molecule has 1 aromatic carbocycles. The number of benzene rings is 1. The van der Waals surface area contributed by atoms with Crippen molar-refractivity contribution in [2.24, 2.45) is 0 Å². The van der Waals surface area contributed by atoms with Crippen molar-refractivity contribution in [3.8, 4) is 0 Å². The molecule has 5 nitrogen and oxygen atoms in total. The van der Waals surface area contributed by atoms with Gasteiger partial charge in [0.2, 0.25) is 0 Å². The zero-order valence-corrected chi connectivity index (χ0v) is 15.0. The van der Waals surface area contributed by atoms with E-state index in [2.05, 4.69) is 19.8 Å². The Hall–Kier alpha value is -2.05. The summed E-state index contributed by atoms with van der Waals surface area (Å²) in [4.78, 5) is 13.3. The van der Waals surface area contributed by atoms with Crippen molar-refractivity contribution in [1.29, 1.82) is 0 Å². The Labute approximate surface area is 148 Å². The predicted octanol–water partition coefficient (Wildman–Crippen LogP) is 2.40. The normalized spacial score (nSPS) is 16.9. The van der Waals surface area contributed by atoms with Crippen LogP contribution in [0.3, 0.4) is 0 Å². The first-order valence-electron chi connectivity index (χ1n) is 8.66. The van der Waals surface area contributed by atoms with E-state index in [9.17, 15) is 9.50 Å². The maximum atomic E-state index is 13.2. The van der Waals surface area contributed by atoms with E-state index in [0.29, 0.717) is 6.54 Å². The lowest BCUT2D eigenvalue weighted by Crippen LogP contribution is -2.48. The molecule has 134 valence electrons. The summed E-state index contributed by atoms with van der Waals surface area (Å²) < 4.78 is 13.2. The van der Waals surface area contributed by atoms with E-state index in [4.69, 9.17) is 0 Å². The van der Waals surface area contributed by atoms with Gasteiger partial charge in [-0.3, -0.25) is 4.90 Å². The standard InChI is InChI=1S/C19H25FN4O/c1-13-10-16(20)4-5-17(13)18(25)12-23-6-8-24(9-7-23)19-11-14(2)21-15(3)22-19/h4-5,10-11,18,25H,6-9,12H2,1-3H3. The zero-order chi connectivity index (χ0) is 18.0. The summed E-state index contributed by atoms with van der Waals surface area (Å²) >= 11 is 0. The average Bonchev–Trinajstić information content (AvgIpc) is 2.54. The molecule has 1 unspecified atom stereocenters. The van der Waals surface area contributed by atoms with Gasteiger partial charge < -0.3 is 10.0 Å². The number of hydrogen-bond acceptors (Lipinski definition) is 5. The molecule has 0 radical (unpaired) electrons. The number of aromatic nitrogens is 2. The van der Waals surface area contributed by atoms with Crippen molar-refractivity contribution >= 4 is 5.82 Å². The van der Waals surface area contributed by atoms with Crippen LogP contribution in [0.2, 0.25) is 0 Å². The first-order chi connectivity index (χ1) is 11.9. The summed E-state index contributed by atoms with van der Waals surface area (Å²) in [6.45, 7) is 9.74. The van der Waals surface area contributed by atoms with Gasteiger partial charge in [0.15, 0.2) is 0 Å². The molecule has 1 aliphatic rings. The van der Waals surface area contributed by atoms with Crippen LogP contribution in [-0.2, 0) is 0 Å². The number of aliphatic hydroxyl groups is 1. The van der Waals surface area contributed by atoms with Crippen LogP contribution >= 0.6 is 0 Å². The van der Waals surface area contributed by atoms with Gasteiger partial charge in [0.05, 0.1) is 6.10 Å². The Balaban J connectivity index is 1.58. The second kappa shape index (κ2) is 7.45. The minimum absolute atomic E-state index is 0.266. The fraction of sp³-hybridized carbons (Fsp3) is 0.474. The molecule has 0 saturated carbocycles. The lowest BCUT2D eigenvalue weighted by Gasteiger charge is -2.36. The van der Waals surface area contributed by atoms with Gasteiger partial charge in [-0.2, -0.15) is 0 Å². The Morgan fingerprint density at radius 1 is 1.08 bits per heavy atom. The second-order valence-electron chi connectivity index (χ2n) is 6.72. The van der Waals surface area contributed by atoms with Gasteiger partial charge in [-0.25, -0.2) is 14.4 Å². The molecule has 0 aliphatic carbocycles. The first-order valence-corrected chi connectivity index (χ1v) is 8.66. The third-order valence-corrected chi connectivity index (χ3v) is 4.67. The molecular weight excluding hydrogens is 319 g/mol. The minimum Gasteiger partial charge on any atom is -0.387 e. The number of rotatable bonds is 4. The highest BCUT2D eigenvalue weighted by atomic mass is 19.1. The van der Waals surface area contributed by atoms with Gasteiger partial charge in [-0.1, -0.05) is 6.07 Å². The number of β-amino-alcohol motifs (C(OH)–C–C–N with tert-alkyl or cyclic N) is 1. The number of piperazine rings is 1. The van der Waals surface area contributed by atoms with Crippen LogP contribution in [0.5, 0.6) is 0 Å². The molecular formula is C19H25FN4O. The van der Waals surface area contributed by atoms with Crippen LogP contribution in [0, 0.1) is 26.6 Å². The predicted molar refractivity (Wildman–Crippen MR) is 96.3 cm³/mol. The van der Waals surface area contributed by atoms with Crippen molar-refractivity contribution in [3.63, 3.8) is 0 Å². The minimum atomic E-state index is -0.601. The van der Waals surface area contributed by atoms with Gasteiger partial charge in [-0.05, 0) is 44.0 Å². The number of nitrogens with zero attached hydrogens (tertiary/aromatic N) is 4. The Morgan fingerprint density at radius 3 is 2.44 bits per heavy atom. The maximum absolute atomic E-state index is 13.2. The van der Waals surface area contributed by atoms with E-state index in [1.807, 2.05) is 26.8 Å². The molecule has 0 bridgehead atoms. The van der Waals surface area contributed by atoms with Gasteiger partial charge in [-0.15, -0.1) is 0 Å². The maximum Gasteiger partial charge on any atom is 0.132 e. The molecule has 1 N–H and O–H groups in total. The molecule has 2 aromatic rings. The van der Waals surface area contributed by atoms with Gasteiger partial charge >= 0.3 is 0 Å². The Bertz CT molecular complexity index is 724. The fourth-order valence-electron chi connectivity index (χ4n) is 3.37. The van der Waals surface area contributed by atoms with E-state index < -0.39 is 6.10 Å². The quantitative estimate of drug-likeness (QED) is 0.923. The topological polar surface area (TPSA) is 52.5 Å². The van der Waals surface area contributed by atoms with Crippen LogP contribution in [0.4, 0.5) is 10.2 Å². The summed E-state index contributed by atoms with van der Waals surface area (Å²) in [7, 11) is 0.